The van der Waals surface area contributed by atoms with E-state index in [1.807, 2.05) is 54.6 Å². The number of aryl methyl sites for hydroxylation is 1. The van der Waals surface area contributed by atoms with Gasteiger partial charge in [0.2, 0.25) is 23.6 Å². The predicted molar refractivity (Wildman–Crippen MR) is 302 cm³/mol. The second-order valence-electron chi connectivity index (χ2n) is 22.3. The van der Waals surface area contributed by atoms with Gasteiger partial charge in [0.15, 0.2) is 0 Å². The average Bonchev–Trinajstić information content (AvgIpc) is 4.24. The van der Waals surface area contributed by atoms with E-state index in [0.29, 0.717) is 77.0 Å². The summed E-state index contributed by atoms with van der Waals surface area (Å²) in [4.78, 5) is 82.7. The molecule has 2 heterocycles. The number of likely N-dealkylation sites (tertiary alicyclic amines) is 2. The Labute approximate surface area is 478 Å². The van der Waals surface area contributed by atoms with Crippen molar-refractivity contribution in [2.45, 2.75) is 142 Å². The molecule has 0 unspecified atom stereocenters. The zero-order valence-corrected chi connectivity index (χ0v) is 47.7. The van der Waals surface area contributed by atoms with Crippen LogP contribution in [0.4, 0.5) is 0 Å². The lowest BCUT2D eigenvalue weighted by molar-refractivity contribution is -0.151. The first-order chi connectivity index (χ1) is 38.1. The van der Waals surface area contributed by atoms with Gasteiger partial charge in [-0.25, -0.2) is 0 Å². The fraction of sp³-hybridized carbons (Fsp3) is 0.516. The summed E-state index contributed by atoms with van der Waals surface area (Å²) in [7, 11) is 0. The molecule has 9 rings (SSSR count). The number of carbonyl (C=O) groups is 6. The van der Waals surface area contributed by atoms with Gasteiger partial charge in [0, 0.05) is 74.5 Å². The number of hydrogen-bond acceptors (Lipinski definition) is 11. The van der Waals surface area contributed by atoms with E-state index >= 15 is 0 Å². The van der Waals surface area contributed by atoms with Gasteiger partial charge in [-0.1, -0.05) is 78.1 Å². The lowest BCUT2D eigenvalue weighted by Crippen LogP contribution is -2.35. The number of esters is 1. The largest absolute Gasteiger partial charge is 0.491 e. The molecule has 4 aromatic rings. The second kappa shape index (κ2) is 26.8. The van der Waals surface area contributed by atoms with E-state index in [1.54, 1.807) is 0 Å². The number of nitrogens with zero attached hydrogens (tertiary/aromatic N) is 4. The molecule has 2 saturated carbocycles. The zero-order valence-electron chi connectivity index (χ0n) is 45.4. The van der Waals surface area contributed by atoms with Crippen LogP contribution in [0.5, 0.6) is 11.5 Å². The molecule has 0 aromatic heterocycles. The van der Waals surface area contributed by atoms with Crippen LogP contribution >= 0.6 is 34.8 Å². The summed E-state index contributed by atoms with van der Waals surface area (Å²) in [5.74, 6) is -0.353. The molecule has 5 aliphatic rings. The number of imide groups is 2. The van der Waals surface area contributed by atoms with E-state index in [9.17, 15) is 33.9 Å². The van der Waals surface area contributed by atoms with Crippen LogP contribution < -0.4 is 9.47 Å². The van der Waals surface area contributed by atoms with Crippen LogP contribution in [0.3, 0.4) is 0 Å². The molecule has 0 spiro atoms. The number of benzene rings is 4. The van der Waals surface area contributed by atoms with E-state index < -0.39 is 5.97 Å². The molecule has 4 aromatic carbocycles. The molecule has 3 aliphatic carbocycles. The highest BCUT2D eigenvalue weighted by atomic mass is 35.5. The van der Waals surface area contributed by atoms with Crippen molar-refractivity contribution in [3.05, 3.63) is 127 Å². The minimum Gasteiger partial charge on any atom is -0.491 e. The summed E-state index contributed by atoms with van der Waals surface area (Å²) in [5.41, 5.74) is 7.28. The van der Waals surface area contributed by atoms with Crippen molar-refractivity contribution in [1.82, 2.24) is 19.6 Å². The Morgan fingerprint density at radius 2 is 1.19 bits per heavy atom. The van der Waals surface area contributed by atoms with Gasteiger partial charge in [-0.3, -0.25) is 48.4 Å². The van der Waals surface area contributed by atoms with Crippen LogP contribution in [-0.2, 0) is 66.0 Å². The van der Waals surface area contributed by atoms with Crippen molar-refractivity contribution in [2.75, 3.05) is 39.4 Å². The summed E-state index contributed by atoms with van der Waals surface area (Å²) in [6, 6.07) is 24.2. The molecule has 2 aliphatic heterocycles. The van der Waals surface area contributed by atoms with Crippen molar-refractivity contribution in [2.24, 2.45) is 23.7 Å². The number of aliphatic carboxylic acids is 1. The van der Waals surface area contributed by atoms with Crippen molar-refractivity contribution in [3.8, 4) is 11.5 Å². The number of carboxylic acids is 1. The van der Waals surface area contributed by atoms with Crippen LogP contribution in [0.15, 0.2) is 72.8 Å². The maximum atomic E-state index is 14.1. The maximum absolute atomic E-state index is 14.1. The first-order valence-corrected chi connectivity index (χ1v) is 29.5. The third-order valence-corrected chi connectivity index (χ3v) is 18.3. The van der Waals surface area contributed by atoms with Gasteiger partial charge in [-0.15, -0.1) is 0 Å². The van der Waals surface area contributed by atoms with Crippen LogP contribution in [0, 0.1) is 23.7 Å². The highest BCUT2D eigenvalue weighted by Crippen LogP contribution is 2.44. The monoisotopic (exact) mass is 1140 g/mol. The minimum atomic E-state index is -0.724. The van der Waals surface area contributed by atoms with Gasteiger partial charge in [0.1, 0.15) is 31.3 Å². The minimum absolute atomic E-state index is 0.0112. The fourth-order valence-electron chi connectivity index (χ4n) is 12.5. The Hall–Kier alpha value is -5.51. The summed E-state index contributed by atoms with van der Waals surface area (Å²) >= 11 is 19.6. The Kier molecular flexibility index (Phi) is 19.8. The summed E-state index contributed by atoms with van der Waals surface area (Å²) < 4.78 is 18.6. The molecule has 4 fully saturated rings. The topological polar surface area (TPSA) is 163 Å². The third kappa shape index (κ3) is 14.5. The smallest absolute Gasteiger partial charge is 0.309 e. The van der Waals surface area contributed by atoms with E-state index in [4.69, 9.17) is 49.0 Å². The van der Waals surface area contributed by atoms with Gasteiger partial charge in [-0.05, 0) is 159 Å². The molecular weight excluding hydrogens is 1070 g/mol. The van der Waals surface area contributed by atoms with E-state index in [0.717, 1.165) is 91.6 Å². The molecule has 1 N–H and O–H groups in total. The SMILES string of the molecule is CCc1cc(CN(CC2CCC(C(=O)OCc3cc(CN(CC4CCC(C(=O)O)CC4)[C@@H](C)c4ccc(Cl)cc4)ccc3OCCN3C(=O)CCC3=O)CC2)[C@H]2CCc3c2ccc(Cl)c3Cl)ccc1OCCN1C(=O)CCC1=O. The molecule has 0 bridgehead atoms. The molecular formula is C62H73Cl3N4O10. The number of carbonyl (C=O) groups excluding carboxylic acids is 5. The van der Waals surface area contributed by atoms with E-state index in [1.165, 1.54) is 15.4 Å². The quantitative estimate of drug-likeness (QED) is 0.0523. The van der Waals surface area contributed by atoms with Gasteiger partial charge >= 0.3 is 11.9 Å². The van der Waals surface area contributed by atoms with Crippen LogP contribution in [-0.4, -0.2) is 99.7 Å². The maximum Gasteiger partial charge on any atom is 0.309 e. The first-order valence-electron chi connectivity index (χ1n) is 28.4. The molecule has 2 saturated heterocycles. The van der Waals surface area contributed by atoms with Crippen molar-refractivity contribution in [1.29, 1.82) is 0 Å². The van der Waals surface area contributed by atoms with Gasteiger partial charge < -0.3 is 19.3 Å². The van der Waals surface area contributed by atoms with Crippen molar-refractivity contribution in [3.63, 3.8) is 0 Å². The van der Waals surface area contributed by atoms with Crippen molar-refractivity contribution < 1.29 is 48.1 Å². The number of ether oxygens (including phenoxy) is 3. The van der Waals surface area contributed by atoms with E-state index in [-0.39, 0.29) is 112 Å². The highest BCUT2D eigenvalue weighted by molar-refractivity contribution is 6.42. The Morgan fingerprint density at radius 3 is 1.77 bits per heavy atom. The number of halogens is 3. The molecule has 4 amide bonds. The molecule has 2 atom stereocenters. The average molecular weight is 1140 g/mol. The van der Waals surface area contributed by atoms with Crippen LogP contribution in [0.2, 0.25) is 15.1 Å². The summed E-state index contributed by atoms with van der Waals surface area (Å²) in [5, 5.41) is 11.5. The lowest BCUT2D eigenvalue weighted by atomic mass is 9.81. The van der Waals surface area contributed by atoms with E-state index in [2.05, 4.69) is 41.8 Å². The fourth-order valence-corrected chi connectivity index (χ4v) is 13.1. The standard InChI is InChI=1S/C62H73Cl3N4O10/c1-3-44-32-42(8-22-54(44)77-30-28-68-56(70)24-25-57(68)71)37-67(53-21-19-51-50(53)18-20-52(64)60(51)65)35-41-6-12-47(13-7-41)62(76)79-38-48-33-43(9-23-55(48)78-31-29-69-58(72)26-27-59(69)73)36-66(39(2)45-14-16-49(63)17-15-45)34-40-4-10-46(11-5-40)61(74)75/h8-9,14-18,20,22-23,32-33,39-41,46-47,53H,3-7,10-13,19,21,24-31,34-38H2,1-2H3,(H,74,75)/t39-,40?,41?,46?,47?,53-/m0/s1. The molecule has 17 heteroatoms. The predicted octanol–water partition coefficient (Wildman–Crippen LogP) is 11.8. The first kappa shape index (κ1) is 58.2. The normalized spacial score (nSPS) is 21.8. The summed E-state index contributed by atoms with van der Waals surface area (Å²) in [6.45, 7) is 7.79. The molecule has 0 radical (unpaired) electrons. The molecule has 422 valence electrons. The number of carboxylic acid groups (broad SMARTS) is 1. The second-order valence-corrected chi connectivity index (χ2v) is 23.5. The highest BCUT2D eigenvalue weighted by Gasteiger charge is 2.36. The molecule has 14 nitrogen and oxygen atoms in total. The zero-order chi connectivity index (χ0) is 55.7. The molecule has 79 heavy (non-hydrogen) atoms. The Bertz CT molecular complexity index is 2830. The van der Waals surface area contributed by atoms with Crippen LogP contribution in [0.25, 0.3) is 0 Å². The lowest BCUT2D eigenvalue weighted by Gasteiger charge is -2.36. The summed E-state index contributed by atoms with van der Waals surface area (Å²) in [6.07, 6.45) is 9.45. The Morgan fingerprint density at radius 1 is 0.646 bits per heavy atom. The van der Waals surface area contributed by atoms with Crippen molar-refractivity contribution >= 4 is 70.4 Å². The van der Waals surface area contributed by atoms with Gasteiger partial charge in [-0.2, -0.15) is 0 Å². The number of hydrogen-bond donors (Lipinski definition) is 1. The van der Waals surface area contributed by atoms with Gasteiger partial charge in [0.05, 0.1) is 35.0 Å². The van der Waals surface area contributed by atoms with Crippen LogP contribution in [0.1, 0.15) is 148 Å². The third-order valence-electron chi connectivity index (χ3n) is 17.2. The Balaban J connectivity index is 0.867. The number of amides is 4. The van der Waals surface area contributed by atoms with Gasteiger partial charge in [0.25, 0.3) is 0 Å². The number of fused-ring (bicyclic) bond motifs is 1. The number of rotatable bonds is 24.